The van der Waals surface area contributed by atoms with E-state index >= 15 is 0 Å². The number of aromatic amines is 1. The molecule has 7 N–H and O–H groups in total. The minimum atomic E-state index is -4.19. The Morgan fingerprint density at radius 3 is 2.53 bits per heavy atom. The highest BCUT2D eigenvalue weighted by molar-refractivity contribution is 7.93. The number of aromatic nitrogens is 1. The van der Waals surface area contributed by atoms with E-state index in [1.54, 1.807) is 31.2 Å². The quantitative estimate of drug-likeness (QED) is 0.112. The van der Waals surface area contributed by atoms with Gasteiger partial charge in [0.2, 0.25) is 11.9 Å². The van der Waals surface area contributed by atoms with Crippen LogP contribution in [0.1, 0.15) is 11.3 Å². The van der Waals surface area contributed by atoms with Crippen molar-refractivity contribution >= 4 is 44.0 Å². The van der Waals surface area contributed by atoms with Gasteiger partial charge in [-0.2, -0.15) is 0 Å². The van der Waals surface area contributed by atoms with Crippen molar-refractivity contribution in [2.75, 3.05) is 36.9 Å². The summed E-state index contributed by atoms with van der Waals surface area (Å²) in [5, 5.41) is 7.18. The van der Waals surface area contributed by atoms with Gasteiger partial charge in [-0.25, -0.2) is 8.42 Å². The summed E-state index contributed by atoms with van der Waals surface area (Å²) in [6.07, 6.45) is -0.245. The summed E-state index contributed by atoms with van der Waals surface area (Å²) >= 11 is 0. The van der Waals surface area contributed by atoms with Crippen molar-refractivity contribution in [1.82, 2.24) is 10.3 Å². The number of nitrogens with one attached hydrogen (secondary N) is 3. The number of pyridine rings is 1. The van der Waals surface area contributed by atoms with Crippen LogP contribution >= 0.6 is 0 Å². The van der Waals surface area contributed by atoms with Gasteiger partial charge >= 0.3 is 0 Å². The first-order valence-corrected chi connectivity index (χ1v) is 12.4. The van der Waals surface area contributed by atoms with Gasteiger partial charge in [-0.3, -0.25) is 14.3 Å². The molecular weight excluding hydrogens is 486 g/mol. The molecule has 1 aromatic heterocycles. The number of fused-ring (bicyclic) bond motifs is 1. The highest BCUT2D eigenvalue weighted by atomic mass is 32.2. The van der Waals surface area contributed by atoms with Crippen LogP contribution in [0.2, 0.25) is 0 Å². The fourth-order valence-electron chi connectivity index (χ4n) is 3.68. The number of H-pyrrole nitrogens is 1. The van der Waals surface area contributed by atoms with Crippen molar-refractivity contribution in [2.24, 2.45) is 16.6 Å². The van der Waals surface area contributed by atoms with E-state index in [0.717, 1.165) is 11.1 Å². The van der Waals surface area contributed by atoms with Gasteiger partial charge in [-0.15, -0.1) is 0 Å². The average Bonchev–Trinajstić information content (AvgIpc) is 2.80. The Kier molecular flexibility index (Phi) is 8.04. The summed E-state index contributed by atoms with van der Waals surface area (Å²) in [7, 11) is -0.456. The molecule has 0 radical (unpaired) electrons. The number of carbonyl (C=O) groups excluding carboxylic acids is 1. The zero-order valence-corrected chi connectivity index (χ0v) is 21.0. The van der Waals surface area contributed by atoms with E-state index in [1.165, 1.54) is 6.07 Å². The fraction of sp³-hybridized carbons (Fsp3) is 0.261. The Labute approximate surface area is 208 Å². The molecule has 192 valence electrons. The number of nitrogens with two attached hydrogens (primary N) is 2. The standard InChI is InChI=1S/C23H29N7O5S/c1-14-12-15(13-20(31)26-10-11-35-28-23(24)25)21(22(32)27-14)29-36(33,34)19-9-5-6-16-17(19)7-4-8-18(16)30(2)3/h4-9,12,29H,10-11,13H2,1-3H3,(H,26,31)(H,27,32)(H4,24,25,28). The Morgan fingerprint density at radius 1 is 1.14 bits per heavy atom. The number of rotatable bonds is 10. The van der Waals surface area contributed by atoms with Gasteiger partial charge in [0.15, 0.2) is 0 Å². The van der Waals surface area contributed by atoms with E-state index in [2.05, 4.69) is 20.2 Å². The number of oxime groups is 1. The predicted octanol–water partition coefficient (Wildman–Crippen LogP) is 0.567. The Morgan fingerprint density at radius 2 is 1.83 bits per heavy atom. The van der Waals surface area contributed by atoms with Crippen LogP contribution in [0.4, 0.5) is 11.4 Å². The van der Waals surface area contributed by atoms with Gasteiger partial charge in [0.1, 0.15) is 12.3 Å². The number of hydrogen-bond donors (Lipinski definition) is 5. The molecule has 3 rings (SSSR count). The molecule has 13 heteroatoms. The van der Waals surface area contributed by atoms with E-state index in [4.69, 9.17) is 16.3 Å². The molecule has 0 saturated carbocycles. The average molecular weight is 516 g/mol. The van der Waals surface area contributed by atoms with Crippen molar-refractivity contribution in [1.29, 1.82) is 0 Å². The number of benzene rings is 2. The molecule has 36 heavy (non-hydrogen) atoms. The lowest BCUT2D eigenvalue weighted by molar-refractivity contribution is -0.120. The van der Waals surface area contributed by atoms with E-state index < -0.39 is 21.5 Å². The van der Waals surface area contributed by atoms with Crippen LogP contribution in [-0.4, -0.2) is 52.5 Å². The van der Waals surface area contributed by atoms with E-state index in [0.29, 0.717) is 11.1 Å². The highest BCUT2D eigenvalue weighted by Crippen LogP contribution is 2.31. The van der Waals surface area contributed by atoms with Gasteiger partial charge in [0.25, 0.3) is 15.6 Å². The fourth-order valence-corrected chi connectivity index (χ4v) is 5.01. The maximum Gasteiger partial charge on any atom is 0.272 e. The second kappa shape index (κ2) is 11.0. The zero-order valence-electron chi connectivity index (χ0n) is 20.2. The summed E-state index contributed by atoms with van der Waals surface area (Å²) in [5.74, 6) is -0.698. The van der Waals surface area contributed by atoms with Crippen LogP contribution in [0, 0.1) is 6.92 Å². The molecular formula is C23H29N7O5S. The number of carbonyl (C=O) groups is 1. The second-order valence-corrected chi connectivity index (χ2v) is 9.84. The van der Waals surface area contributed by atoms with Crippen molar-refractivity contribution < 1.29 is 18.0 Å². The van der Waals surface area contributed by atoms with Crippen molar-refractivity contribution in [2.45, 2.75) is 18.2 Å². The molecule has 0 saturated heterocycles. The predicted molar refractivity (Wildman–Crippen MR) is 139 cm³/mol. The summed E-state index contributed by atoms with van der Waals surface area (Å²) < 4.78 is 29.3. The molecule has 2 aromatic carbocycles. The van der Waals surface area contributed by atoms with Crippen LogP contribution in [0.15, 0.2) is 57.3 Å². The number of hydrogen-bond acceptors (Lipinski definition) is 7. The van der Waals surface area contributed by atoms with Crippen LogP contribution in [0.25, 0.3) is 10.8 Å². The highest BCUT2D eigenvalue weighted by Gasteiger charge is 2.22. The maximum atomic E-state index is 13.4. The molecule has 0 aliphatic carbocycles. The number of nitrogens with zero attached hydrogens (tertiary/aromatic N) is 2. The first-order valence-electron chi connectivity index (χ1n) is 10.9. The van der Waals surface area contributed by atoms with Crippen LogP contribution < -0.4 is 32.0 Å². The molecule has 0 aliphatic rings. The first kappa shape index (κ1) is 26.3. The number of aryl methyl sites for hydroxylation is 1. The van der Waals surface area contributed by atoms with Crippen LogP contribution in [-0.2, 0) is 26.1 Å². The topological polar surface area (TPSA) is 185 Å². The van der Waals surface area contributed by atoms with Crippen molar-refractivity contribution in [3.63, 3.8) is 0 Å². The molecule has 1 heterocycles. The van der Waals surface area contributed by atoms with E-state index in [9.17, 15) is 18.0 Å². The molecule has 3 aromatic rings. The molecule has 0 fully saturated rings. The Hall–Kier alpha value is -4.26. The summed E-state index contributed by atoms with van der Waals surface area (Å²) in [5.41, 5.74) is 11.0. The van der Waals surface area contributed by atoms with Gasteiger partial charge < -0.3 is 31.5 Å². The number of anilines is 2. The smallest absolute Gasteiger partial charge is 0.272 e. The molecule has 0 atom stereocenters. The molecule has 0 unspecified atom stereocenters. The summed E-state index contributed by atoms with van der Waals surface area (Å²) in [6, 6.07) is 11.8. The maximum absolute atomic E-state index is 13.4. The van der Waals surface area contributed by atoms with Gasteiger partial charge in [0.05, 0.1) is 17.9 Å². The molecule has 0 aliphatic heterocycles. The number of amides is 1. The van der Waals surface area contributed by atoms with Gasteiger partial charge in [-0.1, -0.05) is 24.3 Å². The molecule has 0 spiro atoms. The van der Waals surface area contributed by atoms with Crippen LogP contribution in [0.3, 0.4) is 0 Å². The Bertz CT molecular complexity index is 1460. The minimum Gasteiger partial charge on any atom is -0.391 e. The third-order valence-electron chi connectivity index (χ3n) is 5.15. The van der Waals surface area contributed by atoms with E-state index in [1.807, 2.05) is 31.1 Å². The summed E-state index contributed by atoms with van der Waals surface area (Å²) in [4.78, 5) is 34.5. The van der Waals surface area contributed by atoms with Crippen molar-refractivity contribution in [3.8, 4) is 0 Å². The van der Waals surface area contributed by atoms with E-state index in [-0.39, 0.29) is 41.7 Å². The second-order valence-electron chi connectivity index (χ2n) is 8.19. The monoisotopic (exact) mass is 515 g/mol. The number of sulfonamides is 1. The lowest BCUT2D eigenvalue weighted by Crippen LogP contribution is -2.30. The molecule has 1 amide bonds. The Balaban J connectivity index is 1.90. The van der Waals surface area contributed by atoms with Gasteiger partial charge in [-0.05, 0) is 35.8 Å². The normalized spacial score (nSPS) is 11.1. The molecule has 0 bridgehead atoms. The SMILES string of the molecule is Cc1cc(CC(=O)NCCON=C(N)N)c(NS(=O)(=O)c2cccc3c(N(C)C)cccc23)c(=O)[nH]1. The third kappa shape index (κ3) is 6.24. The minimum absolute atomic E-state index is 0.0101. The van der Waals surface area contributed by atoms with Crippen LogP contribution in [0.5, 0.6) is 0 Å². The van der Waals surface area contributed by atoms with Crippen molar-refractivity contribution in [3.05, 3.63) is 64.1 Å². The largest absolute Gasteiger partial charge is 0.391 e. The third-order valence-corrected chi connectivity index (χ3v) is 6.56. The lowest BCUT2D eigenvalue weighted by atomic mass is 10.1. The molecule has 12 nitrogen and oxygen atoms in total. The zero-order chi connectivity index (χ0) is 26.5. The summed E-state index contributed by atoms with van der Waals surface area (Å²) in [6.45, 7) is 1.76. The number of guanidine groups is 1. The lowest BCUT2D eigenvalue weighted by Gasteiger charge is -2.18. The van der Waals surface area contributed by atoms with Gasteiger partial charge in [0, 0.05) is 36.2 Å². The first-order chi connectivity index (χ1) is 17.0.